The molecule has 1 heteroatoms. The summed E-state index contributed by atoms with van der Waals surface area (Å²) in [6.45, 7) is 12.4. The van der Waals surface area contributed by atoms with Gasteiger partial charge in [0.2, 0.25) is 0 Å². The number of hydrogen-bond donors (Lipinski definition) is 0. The molecule has 1 heterocycles. The van der Waals surface area contributed by atoms with Gasteiger partial charge in [0.05, 0.1) is 0 Å². The predicted octanol–water partition coefficient (Wildman–Crippen LogP) is 3.79. The zero-order valence-corrected chi connectivity index (χ0v) is 11.8. The van der Waals surface area contributed by atoms with Crippen molar-refractivity contribution in [3.63, 3.8) is 0 Å². The Morgan fingerprint density at radius 3 is 2.38 bits per heavy atom. The van der Waals surface area contributed by atoms with Gasteiger partial charge in [-0.2, -0.15) is 0 Å². The first-order valence-electron chi connectivity index (χ1n) is 7.07. The van der Waals surface area contributed by atoms with Crippen LogP contribution >= 0.6 is 0 Å². The maximum atomic E-state index is 2.59. The molecule has 2 rings (SSSR count). The number of rotatable bonds is 2. The second kappa shape index (κ2) is 4.01. The fourth-order valence-electron chi connectivity index (χ4n) is 4.33. The maximum absolute atomic E-state index is 2.59. The highest BCUT2D eigenvalue weighted by Crippen LogP contribution is 2.58. The van der Waals surface area contributed by atoms with Crippen LogP contribution < -0.4 is 0 Å². The minimum absolute atomic E-state index is 0.507. The fraction of sp³-hybridized carbons (Fsp3) is 1.00. The van der Waals surface area contributed by atoms with E-state index >= 15 is 0 Å². The molecular formula is C15H29N. The highest BCUT2D eigenvalue weighted by molar-refractivity contribution is 5.01. The largest absolute Gasteiger partial charge is 0.306 e. The van der Waals surface area contributed by atoms with Gasteiger partial charge < -0.3 is 4.90 Å². The van der Waals surface area contributed by atoms with Crippen molar-refractivity contribution < 1.29 is 0 Å². The molecule has 1 aliphatic carbocycles. The predicted molar refractivity (Wildman–Crippen MR) is 70.5 cm³/mol. The first-order chi connectivity index (χ1) is 7.38. The van der Waals surface area contributed by atoms with Crippen molar-refractivity contribution in [1.82, 2.24) is 4.90 Å². The van der Waals surface area contributed by atoms with E-state index in [1.54, 1.807) is 0 Å². The number of hydrogen-bond acceptors (Lipinski definition) is 1. The summed E-state index contributed by atoms with van der Waals surface area (Å²) < 4.78 is 0. The summed E-state index contributed by atoms with van der Waals surface area (Å²) in [4.78, 5) is 2.59. The van der Waals surface area contributed by atoms with Crippen molar-refractivity contribution in [2.45, 2.75) is 53.4 Å². The van der Waals surface area contributed by atoms with E-state index in [0.29, 0.717) is 5.41 Å². The summed E-state index contributed by atoms with van der Waals surface area (Å²) in [6, 6.07) is 0. The first-order valence-corrected chi connectivity index (χ1v) is 7.07. The van der Waals surface area contributed by atoms with E-state index in [1.165, 1.54) is 38.8 Å². The molecule has 1 nitrogen and oxygen atoms in total. The van der Waals surface area contributed by atoms with Crippen LogP contribution in [0.15, 0.2) is 0 Å². The minimum atomic E-state index is 0.507. The summed E-state index contributed by atoms with van der Waals surface area (Å²) in [5.74, 6) is 1.85. The van der Waals surface area contributed by atoms with Gasteiger partial charge in [0.15, 0.2) is 0 Å². The second-order valence-corrected chi connectivity index (χ2v) is 7.36. The molecule has 0 aromatic heterocycles. The molecule has 1 saturated carbocycles. The third kappa shape index (κ3) is 2.30. The van der Waals surface area contributed by atoms with Gasteiger partial charge in [0.1, 0.15) is 0 Å². The van der Waals surface area contributed by atoms with E-state index in [0.717, 1.165) is 17.3 Å². The van der Waals surface area contributed by atoms with Gasteiger partial charge in [-0.25, -0.2) is 0 Å². The van der Waals surface area contributed by atoms with E-state index in [2.05, 4.69) is 39.6 Å². The molecule has 1 saturated heterocycles. The standard InChI is InChI=1S/C15H29N/c1-6-15(7-8-15)13-10-16(5)11-14(3,4)9-12(13)2/h12-13H,6-11H2,1-5H3. The van der Waals surface area contributed by atoms with Gasteiger partial charge in [-0.3, -0.25) is 0 Å². The average Bonchev–Trinajstić information content (AvgIpc) is 2.92. The molecule has 94 valence electrons. The highest BCUT2D eigenvalue weighted by atomic mass is 15.1. The summed E-state index contributed by atoms with van der Waals surface area (Å²) in [5, 5.41) is 0. The lowest BCUT2D eigenvalue weighted by Gasteiger charge is -2.32. The van der Waals surface area contributed by atoms with Crippen LogP contribution in [0.4, 0.5) is 0 Å². The molecule has 0 spiro atoms. The average molecular weight is 223 g/mol. The van der Waals surface area contributed by atoms with Gasteiger partial charge in [-0.1, -0.05) is 34.1 Å². The molecular weight excluding hydrogens is 194 g/mol. The monoisotopic (exact) mass is 223 g/mol. The Labute approximate surface area is 102 Å². The summed E-state index contributed by atoms with van der Waals surface area (Å²) in [6.07, 6.45) is 5.79. The zero-order valence-electron chi connectivity index (χ0n) is 11.8. The van der Waals surface area contributed by atoms with Crippen molar-refractivity contribution in [2.75, 3.05) is 20.1 Å². The lowest BCUT2D eigenvalue weighted by Crippen LogP contribution is -2.33. The molecule has 0 radical (unpaired) electrons. The summed E-state index contributed by atoms with van der Waals surface area (Å²) in [7, 11) is 2.32. The molecule has 0 aromatic carbocycles. The van der Waals surface area contributed by atoms with Gasteiger partial charge in [-0.15, -0.1) is 0 Å². The van der Waals surface area contributed by atoms with E-state index in [4.69, 9.17) is 0 Å². The van der Waals surface area contributed by atoms with Crippen LogP contribution in [-0.4, -0.2) is 25.0 Å². The Morgan fingerprint density at radius 1 is 1.25 bits per heavy atom. The van der Waals surface area contributed by atoms with E-state index < -0.39 is 0 Å². The first kappa shape index (κ1) is 12.4. The SMILES string of the molecule is CCC1(C2CN(C)CC(C)(C)CC2C)CC1. The van der Waals surface area contributed by atoms with Crippen LogP contribution in [0, 0.1) is 22.7 Å². The van der Waals surface area contributed by atoms with Crippen LogP contribution in [0.5, 0.6) is 0 Å². The Kier molecular flexibility index (Phi) is 3.11. The minimum Gasteiger partial charge on any atom is -0.306 e. The Hall–Kier alpha value is -0.0400. The summed E-state index contributed by atoms with van der Waals surface area (Å²) in [5.41, 5.74) is 1.24. The van der Waals surface area contributed by atoms with E-state index in [1.807, 2.05) is 0 Å². The van der Waals surface area contributed by atoms with Gasteiger partial charge >= 0.3 is 0 Å². The molecule has 2 aliphatic rings. The van der Waals surface area contributed by atoms with Gasteiger partial charge in [0.25, 0.3) is 0 Å². The van der Waals surface area contributed by atoms with Crippen LogP contribution in [0.1, 0.15) is 53.4 Å². The summed E-state index contributed by atoms with van der Waals surface area (Å²) >= 11 is 0. The molecule has 16 heavy (non-hydrogen) atoms. The lowest BCUT2D eigenvalue weighted by molar-refractivity contribution is 0.169. The molecule has 2 fully saturated rings. The molecule has 2 atom stereocenters. The van der Waals surface area contributed by atoms with Gasteiger partial charge in [-0.05, 0) is 49.0 Å². The second-order valence-electron chi connectivity index (χ2n) is 7.36. The molecule has 2 unspecified atom stereocenters. The maximum Gasteiger partial charge on any atom is 0.00299 e. The number of likely N-dealkylation sites (tertiary alicyclic amines) is 1. The third-order valence-corrected chi connectivity index (χ3v) is 5.15. The van der Waals surface area contributed by atoms with Crippen molar-refractivity contribution in [3.8, 4) is 0 Å². The molecule has 0 bridgehead atoms. The van der Waals surface area contributed by atoms with Gasteiger partial charge in [0, 0.05) is 13.1 Å². The molecule has 0 aromatic rings. The topological polar surface area (TPSA) is 3.24 Å². The zero-order chi connectivity index (χ0) is 12.0. The van der Waals surface area contributed by atoms with E-state index in [-0.39, 0.29) is 0 Å². The molecule has 0 amide bonds. The van der Waals surface area contributed by atoms with Crippen molar-refractivity contribution in [3.05, 3.63) is 0 Å². The van der Waals surface area contributed by atoms with Crippen LogP contribution in [0.2, 0.25) is 0 Å². The van der Waals surface area contributed by atoms with Crippen LogP contribution in [0.3, 0.4) is 0 Å². The Bertz CT molecular complexity index is 252. The number of nitrogens with zero attached hydrogens (tertiary/aromatic N) is 1. The smallest absolute Gasteiger partial charge is 0.00299 e. The third-order valence-electron chi connectivity index (χ3n) is 5.15. The Morgan fingerprint density at radius 2 is 1.88 bits per heavy atom. The van der Waals surface area contributed by atoms with Crippen LogP contribution in [-0.2, 0) is 0 Å². The lowest BCUT2D eigenvalue weighted by atomic mass is 9.73. The normalized spacial score (nSPS) is 38.1. The highest BCUT2D eigenvalue weighted by Gasteiger charge is 2.51. The van der Waals surface area contributed by atoms with Crippen molar-refractivity contribution in [1.29, 1.82) is 0 Å². The quantitative estimate of drug-likeness (QED) is 0.688. The molecule has 0 N–H and O–H groups in total. The van der Waals surface area contributed by atoms with Crippen molar-refractivity contribution >= 4 is 0 Å². The fourth-order valence-corrected chi connectivity index (χ4v) is 4.33. The Balaban J connectivity index is 2.14. The van der Waals surface area contributed by atoms with Crippen LogP contribution in [0.25, 0.3) is 0 Å². The molecule has 1 aliphatic heterocycles. The van der Waals surface area contributed by atoms with E-state index in [9.17, 15) is 0 Å². The van der Waals surface area contributed by atoms with Crippen molar-refractivity contribution in [2.24, 2.45) is 22.7 Å².